The Hall–Kier alpha value is -2.58. The Labute approximate surface area is 171 Å². The zero-order valence-corrected chi connectivity index (χ0v) is 17.5. The van der Waals surface area contributed by atoms with E-state index in [1.165, 1.54) is 23.5 Å². The highest BCUT2D eigenvalue weighted by atomic mass is 32.2. The molecule has 156 valence electrons. The smallest absolute Gasteiger partial charge is 0.255 e. The van der Waals surface area contributed by atoms with Gasteiger partial charge in [-0.1, -0.05) is 6.42 Å². The first kappa shape index (κ1) is 21.1. The average Bonchev–Trinajstić information content (AvgIpc) is 2.75. The molecule has 0 saturated carbocycles. The van der Waals surface area contributed by atoms with Crippen molar-refractivity contribution in [2.45, 2.75) is 31.1 Å². The Morgan fingerprint density at radius 1 is 1.03 bits per heavy atom. The van der Waals surface area contributed by atoms with Crippen LogP contribution < -0.4 is 14.8 Å². The third-order valence-electron chi connectivity index (χ3n) is 4.79. The van der Waals surface area contributed by atoms with E-state index in [0.29, 0.717) is 42.4 Å². The van der Waals surface area contributed by atoms with Crippen molar-refractivity contribution in [3.63, 3.8) is 0 Å². The van der Waals surface area contributed by atoms with Gasteiger partial charge in [0.05, 0.1) is 18.6 Å². The number of sulfonamides is 1. The van der Waals surface area contributed by atoms with Gasteiger partial charge in [-0.15, -0.1) is 0 Å². The summed E-state index contributed by atoms with van der Waals surface area (Å²) in [4.78, 5) is 12.8. The Kier molecular flexibility index (Phi) is 6.76. The van der Waals surface area contributed by atoms with Crippen LogP contribution in [-0.2, 0) is 10.0 Å². The molecule has 2 aromatic rings. The number of benzene rings is 2. The molecule has 7 nitrogen and oxygen atoms in total. The van der Waals surface area contributed by atoms with E-state index in [1.807, 2.05) is 6.92 Å². The molecule has 1 N–H and O–H groups in total. The second kappa shape index (κ2) is 9.28. The van der Waals surface area contributed by atoms with Crippen LogP contribution in [0.1, 0.15) is 36.5 Å². The molecule has 1 saturated heterocycles. The molecular formula is C21H26N2O5S. The standard InChI is InChI=1S/C21H26N2O5S/c1-3-28-19-12-7-16(15-20(19)27-2)21(24)22-17-8-10-18(11-9-17)29(25,26)23-13-5-4-6-14-23/h7-12,15H,3-6,13-14H2,1-2H3,(H,22,24). The van der Waals surface area contributed by atoms with E-state index in [2.05, 4.69) is 5.32 Å². The number of piperidine rings is 1. The summed E-state index contributed by atoms with van der Waals surface area (Å²) in [6.07, 6.45) is 2.84. The molecule has 0 atom stereocenters. The number of anilines is 1. The number of carbonyl (C=O) groups excluding carboxylic acids is 1. The van der Waals surface area contributed by atoms with E-state index in [1.54, 1.807) is 30.3 Å². The minimum atomic E-state index is -3.49. The van der Waals surface area contributed by atoms with Gasteiger partial charge in [0, 0.05) is 24.3 Å². The number of nitrogens with one attached hydrogen (secondary N) is 1. The maximum absolute atomic E-state index is 12.7. The predicted molar refractivity (Wildman–Crippen MR) is 111 cm³/mol. The molecule has 1 aliphatic rings. The second-order valence-corrected chi connectivity index (χ2v) is 8.68. The third kappa shape index (κ3) is 4.89. The highest BCUT2D eigenvalue weighted by Gasteiger charge is 2.25. The highest BCUT2D eigenvalue weighted by molar-refractivity contribution is 7.89. The summed E-state index contributed by atoms with van der Waals surface area (Å²) in [5.74, 6) is 0.722. The van der Waals surface area contributed by atoms with Crippen molar-refractivity contribution < 1.29 is 22.7 Å². The van der Waals surface area contributed by atoms with Gasteiger partial charge in [0.1, 0.15) is 0 Å². The lowest BCUT2D eigenvalue weighted by atomic mass is 10.2. The van der Waals surface area contributed by atoms with Gasteiger partial charge in [-0.2, -0.15) is 4.31 Å². The Morgan fingerprint density at radius 2 is 1.72 bits per heavy atom. The summed E-state index contributed by atoms with van der Waals surface area (Å²) in [5.41, 5.74) is 0.927. The number of rotatable bonds is 7. The Morgan fingerprint density at radius 3 is 2.34 bits per heavy atom. The molecule has 0 aromatic heterocycles. The lowest BCUT2D eigenvalue weighted by Crippen LogP contribution is -2.35. The van der Waals surface area contributed by atoms with Crippen molar-refractivity contribution in [2.75, 3.05) is 32.1 Å². The molecule has 0 aliphatic carbocycles. The molecule has 0 radical (unpaired) electrons. The predicted octanol–water partition coefficient (Wildman–Crippen LogP) is 3.52. The fourth-order valence-corrected chi connectivity index (χ4v) is 4.77. The van der Waals surface area contributed by atoms with Crippen molar-refractivity contribution in [1.29, 1.82) is 0 Å². The summed E-state index contributed by atoms with van der Waals surface area (Å²) in [7, 11) is -1.97. The topological polar surface area (TPSA) is 84.9 Å². The molecule has 1 heterocycles. The fourth-order valence-electron chi connectivity index (χ4n) is 3.25. The average molecular weight is 419 g/mol. The van der Waals surface area contributed by atoms with Gasteiger partial charge in [0.15, 0.2) is 11.5 Å². The second-order valence-electron chi connectivity index (χ2n) is 6.74. The van der Waals surface area contributed by atoms with Crippen LogP contribution >= 0.6 is 0 Å². The number of ether oxygens (including phenoxy) is 2. The summed E-state index contributed by atoms with van der Waals surface area (Å²) in [6.45, 7) is 3.48. The molecule has 29 heavy (non-hydrogen) atoms. The molecule has 1 amide bonds. The minimum absolute atomic E-state index is 0.236. The molecular weight excluding hydrogens is 392 g/mol. The van der Waals surface area contributed by atoms with Gasteiger partial charge in [0.25, 0.3) is 5.91 Å². The molecule has 0 unspecified atom stereocenters. The maximum atomic E-state index is 12.7. The van der Waals surface area contributed by atoms with E-state index < -0.39 is 10.0 Å². The van der Waals surface area contributed by atoms with Crippen LogP contribution in [0.2, 0.25) is 0 Å². The number of hydrogen-bond acceptors (Lipinski definition) is 5. The van der Waals surface area contributed by atoms with Crippen LogP contribution in [0.4, 0.5) is 5.69 Å². The van der Waals surface area contributed by atoms with Crippen LogP contribution in [0.15, 0.2) is 47.4 Å². The maximum Gasteiger partial charge on any atom is 0.255 e. The van der Waals surface area contributed by atoms with Gasteiger partial charge in [-0.3, -0.25) is 4.79 Å². The largest absolute Gasteiger partial charge is 0.493 e. The molecule has 0 bridgehead atoms. The third-order valence-corrected chi connectivity index (χ3v) is 6.70. The number of hydrogen-bond donors (Lipinski definition) is 1. The van der Waals surface area contributed by atoms with Crippen LogP contribution in [0, 0.1) is 0 Å². The molecule has 2 aromatic carbocycles. The summed E-state index contributed by atoms with van der Waals surface area (Å²) in [6, 6.07) is 11.2. The highest BCUT2D eigenvalue weighted by Crippen LogP contribution is 2.28. The lowest BCUT2D eigenvalue weighted by molar-refractivity contribution is 0.102. The van der Waals surface area contributed by atoms with Gasteiger partial charge in [-0.05, 0) is 62.2 Å². The molecule has 3 rings (SSSR count). The van der Waals surface area contributed by atoms with E-state index in [4.69, 9.17) is 9.47 Å². The van der Waals surface area contributed by atoms with Crippen molar-refractivity contribution in [3.05, 3.63) is 48.0 Å². The molecule has 8 heteroatoms. The number of nitrogens with zero attached hydrogens (tertiary/aromatic N) is 1. The number of methoxy groups -OCH3 is 1. The first-order chi connectivity index (χ1) is 14.0. The summed E-state index contributed by atoms with van der Waals surface area (Å²) in [5, 5.41) is 2.78. The first-order valence-corrected chi connectivity index (χ1v) is 11.1. The van der Waals surface area contributed by atoms with Crippen molar-refractivity contribution in [1.82, 2.24) is 4.31 Å². The van der Waals surface area contributed by atoms with E-state index in [0.717, 1.165) is 19.3 Å². The number of carbonyl (C=O) groups is 1. The van der Waals surface area contributed by atoms with Gasteiger partial charge in [-0.25, -0.2) is 8.42 Å². The fraction of sp³-hybridized carbons (Fsp3) is 0.381. The minimum Gasteiger partial charge on any atom is -0.493 e. The zero-order chi connectivity index (χ0) is 20.9. The Balaban J connectivity index is 1.71. The SMILES string of the molecule is CCOc1ccc(C(=O)Nc2ccc(S(=O)(=O)N3CCCCC3)cc2)cc1OC. The van der Waals surface area contributed by atoms with E-state index >= 15 is 0 Å². The lowest BCUT2D eigenvalue weighted by Gasteiger charge is -2.25. The molecule has 1 fully saturated rings. The van der Waals surface area contributed by atoms with Crippen molar-refractivity contribution in [3.8, 4) is 11.5 Å². The molecule has 1 aliphatic heterocycles. The van der Waals surface area contributed by atoms with Crippen LogP contribution in [0.5, 0.6) is 11.5 Å². The zero-order valence-electron chi connectivity index (χ0n) is 16.7. The van der Waals surface area contributed by atoms with Crippen LogP contribution in [0.25, 0.3) is 0 Å². The summed E-state index contributed by atoms with van der Waals surface area (Å²) < 4.78 is 37.7. The first-order valence-electron chi connectivity index (χ1n) is 9.68. The quantitative estimate of drug-likeness (QED) is 0.744. The van der Waals surface area contributed by atoms with Gasteiger partial charge in [0.2, 0.25) is 10.0 Å². The van der Waals surface area contributed by atoms with Crippen LogP contribution in [-0.4, -0.2) is 45.4 Å². The van der Waals surface area contributed by atoms with Gasteiger partial charge >= 0.3 is 0 Å². The Bertz CT molecular complexity index is 952. The summed E-state index contributed by atoms with van der Waals surface area (Å²) >= 11 is 0. The van der Waals surface area contributed by atoms with Gasteiger partial charge < -0.3 is 14.8 Å². The normalized spacial score (nSPS) is 15.0. The number of amides is 1. The van der Waals surface area contributed by atoms with E-state index in [9.17, 15) is 13.2 Å². The van der Waals surface area contributed by atoms with Crippen molar-refractivity contribution in [2.24, 2.45) is 0 Å². The van der Waals surface area contributed by atoms with Crippen molar-refractivity contribution >= 4 is 21.6 Å². The monoisotopic (exact) mass is 418 g/mol. The van der Waals surface area contributed by atoms with Crippen LogP contribution in [0.3, 0.4) is 0 Å². The molecule has 0 spiro atoms. The van der Waals surface area contributed by atoms with E-state index in [-0.39, 0.29) is 10.8 Å².